The van der Waals surface area contributed by atoms with Crippen LogP contribution in [0.15, 0.2) is 30.3 Å². The highest BCUT2D eigenvalue weighted by molar-refractivity contribution is 5.96. The van der Waals surface area contributed by atoms with E-state index in [1.165, 1.54) is 4.90 Å². The molecule has 1 heterocycles. The number of nitrogens with one attached hydrogen (secondary N) is 6. The van der Waals surface area contributed by atoms with Gasteiger partial charge in [0.2, 0.25) is 29.5 Å². The van der Waals surface area contributed by atoms with E-state index < -0.39 is 96.7 Å². The van der Waals surface area contributed by atoms with Crippen LogP contribution in [-0.4, -0.2) is 115 Å². The van der Waals surface area contributed by atoms with E-state index in [-0.39, 0.29) is 31.0 Å². The molecular weight excluding hydrogens is 835 g/mol. The van der Waals surface area contributed by atoms with Gasteiger partial charge in [-0.15, -0.1) is 0 Å². The van der Waals surface area contributed by atoms with E-state index >= 15 is 0 Å². The molecule has 65 heavy (non-hydrogen) atoms. The summed E-state index contributed by atoms with van der Waals surface area (Å²) in [5.41, 5.74) is -0.124. The van der Waals surface area contributed by atoms with Gasteiger partial charge in [-0.1, -0.05) is 109 Å². The van der Waals surface area contributed by atoms with Crippen LogP contribution in [0.2, 0.25) is 0 Å². The molecule has 2 fully saturated rings. The van der Waals surface area contributed by atoms with E-state index in [1.54, 1.807) is 65.9 Å². The van der Waals surface area contributed by atoms with Gasteiger partial charge in [-0.2, -0.15) is 0 Å². The second kappa shape index (κ2) is 27.5. The number of carbonyl (C=O) groups is 7. The van der Waals surface area contributed by atoms with Gasteiger partial charge in [0, 0.05) is 13.1 Å². The standard InChI is InChI=1S/C48H79N7O10/c1-10-11-12-20-25-39-33(5)45(60)55(9)38(26-31(2)3)43(58)54-40(35-23-18-13-14-19-24-35)44(59)53-37(27-49-46(61)64-30-34-21-16-15-17-22-34)42(57)52-36(41(56)51-32(4)29-63-39)28-50-47(62)65-48(6,7)8/h15-17,21-22,31-33,35-40H,10-14,18-20,23-30H2,1-9H3,(H,49,61)(H,50,62)(H,51,56)(H,52,57)(H,53,59)(H,54,58)/t32-,33-,36+,37+,38+,39-,40+/m1/s1. The van der Waals surface area contributed by atoms with Crippen molar-refractivity contribution in [1.82, 2.24) is 36.8 Å². The molecule has 0 spiro atoms. The number of benzene rings is 1. The zero-order valence-corrected chi connectivity index (χ0v) is 40.4. The van der Waals surface area contributed by atoms with Gasteiger partial charge in [0.25, 0.3) is 0 Å². The lowest BCUT2D eigenvalue weighted by Crippen LogP contribution is -2.63. The van der Waals surface area contributed by atoms with E-state index in [2.05, 4.69) is 38.8 Å². The number of rotatable bonds is 14. The van der Waals surface area contributed by atoms with Gasteiger partial charge in [-0.3, -0.25) is 24.0 Å². The fourth-order valence-electron chi connectivity index (χ4n) is 8.13. The van der Waals surface area contributed by atoms with Crippen LogP contribution >= 0.6 is 0 Å². The first-order chi connectivity index (χ1) is 30.8. The number of alkyl carbamates (subject to hydrolysis) is 2. The van der Waals surface area contributed by atoms with Crippen LogP contribution in [-0.2, 0) is 44.8 Å². The molecule has 17 heteroatoms. The largest absolute Gasteiger partial charge is 0.445 e. The summed E-state index contributed by atoms with van der Waals surface area (Å²) in [6, 6.07) is 3.46. The molecule has 0 bridgehead atoms. The Morgan fingerprint density at radius 2 is 1.40 bits per heavy atom. The normalized spacial score (nSPS) is 25.1. The van der Waals surface area contributed by atoms with Crippen molar-refractivity contribution in [3.8, 4) is 0 Å². The van der Waals surface area contributed by atoms with Crippen molar-refractivity contribution in [2.75, 3.05) is 26.7 Å². The molecule has 0 unspecified atom stereocenters. The van der Waals surface area contributed by atoms with Crippen LogP contribution in [0.5, 0.6) is 0 Å². The molecule has 366 valence electrons. The Morgan fingerprint density at radius 3 is 2.00 bits per heavy atom. The lowest BCUT2D eigenvalue weighted by molar-refractivity contribution is -0.147. The third kappa shape index (κ3) is 19.6. The number of hydrogen-bond acceptors (Lipinski definition) is 10. The molecule has 1 saturated carbocycles. The summed E-state index contributed by atoms with van der Waals surface area (Å²) in [4.78, 5) is 99.4. The van der Waals surface area contributed by atoms with Crippen LogP contribution in [0.4, 0.5) is 9.59 Å². The predicted octanol–water partition coefficient (Wildman–Crippen LogP) is 5.25. The number of amides is 7. The van der Waals surface area contributed by atoms with E-state index in [1.807, 2.05) is 19.9 Å². The van der Waals surface area contributed by atoms with Gasteiger partial charge >= 0.3 is 12.2 Å². The molecule has 0 radical (unpaired) electrons. The van der Waals surface area contributed by atoms with Crippen molar-refractivity contribution in [2.24, 2.45) is 17.8 Å². The van der Waals surface area contributed by atoms with Crippen LogP contribution in [0.1, 0.15) is 138 Å². The summed E-state index contributed by atoms with van der Waals surface area (Å²) in [6.45, 7) is 13.7. The van der Waals surface area contributed by atoms with Crippen molar-refractivity contribution >= 4 is 41.7 Å². The zero-order valence-electron chi connectivity index (χ0n) is 40.4. The van der Waals surface area contributed by atoms with Crippen LogP contribution in [0.3, 0.4) is 0 Å². The van der Waals surface area contributed by atoms with Gasteiger partial charge in [0.1, 0.15) is 36.4 Å². The molecule has 1 saturated heterocycles. The smallest absolute Gasteiger partial charge is 0.407 e. The van der Waals surface area contributed by atoms with Crippen LogP contribution in [0, 0.1) is 17.8 Å². The SMILES string of the molecule is CCCCCC[C@H]1OC[C@@H](C)NC(=O)[C@H](CNC(=O)OC(C)(C)C)NC(=O)[C@H](CNC(=O)OCc2ccccc2)NC(=O)[C@H](C2CCCCCC2)NC(=O)[C@H](CC(C)C)N(C)C(=O)[C@@H]1C. The summed E-state index contributed by atoms with van der Waals surface area (Å²) in [5.74, 6) is -3.94. The van der Waals surface area contributed by atoms with Gasteiger partial charge in [0.15, 0.2) is 0 Å². The quantitative estimate of drug-likeness (QED) is 0.105. The molecule has 6 N–H and O–H groups in total. The highest BCUT2D eigenvalue weighted by Gasteiger charge is 2.39. The van der Waals surface area contributed by atoms with Crippen molar-refractivity contribution < 1.29 is 47.8 Å². The average molecular weight is 914 g/mol. The van der Waals surface area contributed by atoms with E-state index in [0.717, 1.165) is 56.9 Å². The Balaban J connectivity index is 2.09. The van der Waals surface area contributed by atoms with E-state index in [9.17, 15) is 33.6 Å². The third-order valence-electron chi connectivity index (χ3n) is 11.8. The molecule has 1 aromatic carbocycles. The number of nitrogens with zero attached hydrogens (tertiary/aromatic N) is 1. The summed E-state index contributed by atoms with van der Waals surface area (Å²) < 4.78 is 17.2. The molecule has 1 aliphatic carbocycles. The Labute approximate surface area is 386 Å². The second-order valence-electron chi connectivity index (χ2n) is 19.2. The molecule has 7 amide bonds. The summed E-state index contributed by atoms with van der Waals surface area (Å²) >= 11 is 0. The maximum atomic E-state index is 14.7. The third-order valence-corrected chi connectivity index (χ3v) is 11.8. The minimum absolute atomic E-state index is 0.00664. The molecule has 3 rings (SSSR count). The highest BCUT2D eigenvalue weighted by Crippen LogP contribution is 2.27. The maximum Gasteiger partial charge on any atom is 0.407 e. The molecule has 1 aromatic rings. The van der Waals surface area contributed by atoms with Gasteiger partial charge < -0.3 is 51.0 Å². The predicted molar refractivity (Wildman–Crippen MR) is 247 cm³/mol. The van der Waals surface area contributed by atoms with Crippen molar-refractivity contribution in [2.45, 2.75) is 181 Å². The Morgan fingerprint density at radius 1 is 0.800 bits per heavy atom. The Hall–Kier alpha value is -4.93. The average Bonchev–Trinajstić information content (AvgIpc) is 3.54. The number of carbonyl (C=O) groups excluding carboxylic acids is 7. The van der Waals surface area contributed by atoms with E-state index in [0.29, 0.717) is 25.7 Å². The topological polar surface area (TPSA) is 223 Å². The number of likely N-dealkylation sites (N-methyl/N-ethyl adjacent to an activating group) is 1. The molecule has 7 atom stereocenters. The first-order valence-electron chi connectivity index (χ1n) is 23.8. The monoisotopic (exact) mass is 914 g/mol. The summed E-state index contributed by atoms with van der Waals surface area (Å²) in [6.07, 6.45) is 7.29. The van der Waals surface area contributed by atoms with Gasteiger partial charge in [-0.05, 0) is 70.8 Å². The van der Waals surface area contributed by atoms with Crippen LogP contribution < -0.4 is 31.9 Å². The van der Waals surface area contributed by atoms with Crippen molar-refractivity contribution in [1.29, 1.82) is 0 Å². The van der Waals surface area contributed by atoms with E-state index in [4.69, 9.17) is 14.2 Å². The zero-order chi connectivity index (χ0) is 48.1. The van der Waals surface area contributed by atoms with Gasteiger partial charge in [-0.25, -0.2) is 9.59 Å². The molecule has 2 aliphatic rings. The summed E-state index contributed by atoms with van der Waals surface area (Å²) in [5, 5.41) is 16.5. The van der Waals surface area contributed by atoms with Crippen molar-refractivity contribution in [3.05, 3.63) is 35.9 Å². The molecule has 1 aliphatic heterocycles. The van der Waals surface area contributed by atoms with Crippen molar-refractivity contribution in [3.63, 3.8) is 0 Å². The lowest BCUT2D eigenvalue weighted by Gasteiger charge is -2.35. The maximum absolute atomic E-state index is 14.7. The Kier molecular flexibility index (Phi) is 23.0. The van der Waals surface area contributed by atoms with Crippen LogP contribution in [0.25, 0.3) is 0 Å². The first kappa shape index (κ1) is 54.4. The number of hydrogen-bond donors (Lipinski definition) is 6. The lowest BCUT2D eigenvalue weighted by atomic mass is 9.90. The molecule has 0 aromatic heterocycles. The first-order valence-corrected chi connectivity index (χ1v) is 23.8. The number of ether oxygens (including phenoxy) is 3. The summed E-state index contributed by atoms with van der Waals surface area (Å²) in [7, 11) is 1.61. The number of unbranched alkanes of at least 4 members (excludes halogenated alkanes) is 3. The molecule has 17 nitrogen and oxygen atoms in total. The van der Waals surface area contributed by atoms with Gasteiger partial charge in [0.05, 0.1) is 31.7 Å². The second-order valence-corrected chi connectivity index (χ2v) is 19.2. The highest BCUT2D eigenvalue weighted by atomic mass is 16.6. The Bertz CT molecular complexity index is 1680. The minimum atomic E-state index is -1.48. The fourth-order valence-corrected chi connectivity index (χ4v) is 8.13. The molecular formula is C48H79N7O10. The minimum Gasteiger partial charge on any atom is -0.445 e. The fraction of sp³-hybridized carbons (Fsp3) is 0.729.